The highest BCUT2D eigenvalue weighted by Gasteiger charge is 2.36. The second-order valence-electron chi connectivity index (χ2n) is 8.10. The number of likely N-dealkylation sites (N-methyl/N-ethyl adjacent to an activating group) is 1. The molecule has 0 aromatic heterocycles. The summed E-state index contributed by atoms with van der Waals surface area (Å²) in [4.78, 5) is 29.2. The fourth-order valence-corrected chi connectivity index (χ4v) is 4.61. The van der Waals surface area contributed by atoms with Gasteiger partial charge in [0.15, 0.2) is 0 Å². The zero-order chi connectivity index (χ0) is 18.8. The molecule has 2 atom stereocenters. The first kappa shape index (κ1) is 18.3. The number of hydrogen-bond donors (Lipinski definition) is 1. The van der Waals surface area contributed by atoms with Gasteiger partial charge >= 0.3 is 12.0 Å². The lowest BCUT2D eigenvalue weighted by Crippen LogP contribution is -2.41. The van der Waals surface area contributed by atoms with Gasteiger partial charge in [-0.1, -0.05) is 0 Å². The van der Waals surface area contributed by atoms with Crippen molar-refractivity contribution in [2.45, 2.75) is 63.1 Å². The molecule has 4 rings (SSSR count). The number of benzene rings is 1. The van der Waals surface area contributed by atoms with Crippen molar-refractivity contribution >= 4 is 17.7 Å². The van der Waals surface area contributed by atoms with Gasteiger partial charge in [0.2, 0.25) is 0 Å². The Hall–Kier alpha value is -2.08. The van der Waals surface area contributed by atoms with Gasteiger partial charge in [0.1, 0.15) is 6.10 Å². The van der Waals surface area contributed by atoms with Crippen molar-refractivity contribution in [3.63, 3.8) is 0 Å². The summed E-state index contributed by atoms with van der Waals surface area (Å²) in [5, 5.41) is 2.97. The van der Waals surface area contributed by atoms with Crippen LogP contribution < -0.4 is 5.32 Å². The standard InChI is InChI=1S/C21H29N3O3/c1-23-17-10-11-18(23)14-24(13-12-17)21(26)22-16-8-6-15(7-9-16)20(25)27-19-4-2-3-5-19/h6-9,17-19H,2-5,10-14H2,1H3,(H,22,26)/t17-,18+/m1/s1. The molecule has 1 aromatic carbocycles. The first-order valence-electron chi connectivity index (χ1n) is 10.2. The van der Waals surface area contributed by atoms with E-state index in [1.54, 1.807) is 24.3 Å². The van der Waals surface area contributed by atoms with Crippen LogP contribution >= 0.6 is 0 Å². The molecule has 3 aliphatic rings. The molecule has 146 valence electrons. The second kappa shape index (κ2) is 7.89. The average Bonchev–Trinajstić information content (AvgIpc) is 3.23. The molecule has 6 nitrogen and oxygen atoms in total. The van der Waals surface area contributed by atoms with E-state index in [1.165, 1.54) is 12.8 Å². The van der Waals surface area contributed by atoms with Crippen molar-refractivity contribution in [3.05, 3.63) is 29.8 Å². The van der Waals surface area contributed by atoms with Gasteiger partial charge in [-0.25, -0.2) is 9.59 Å². The van der Waals surface area contributed by atoms with Crippen LogP contribution in [0, 0.1) is 0 Å². The van der Waals surface area contributed by atoms with Crippen LogP contribution in [0.1, 0.15) is 55.3 Å². The van der Waals surface area contributed by atoms with Crippen molar-refractivity contribution in [1.29, 1.82) is 0 Å². The number of rotatable bonds is 3. The summed E-state index contributed by atoms with van der Waals surface area (Å²) < 4.78 is 5.53. The number of carbonyl (C=O) groups excluding carboxylic acids is 2. The van der Waals surface area contributed by atoms with Gasteiger partial charge in [-0.3, -0.25) is 4.90 Å². The van der Waals surface area contributed by atoms with E-state index in [4.69, 9.17) is 4.74 Å². The SMILES string of the molecule is CN1[C@@H]2CC[C@H]1CN(C(=O)Nc1ccc(C(=O)OC3CCCC3)cc1)CC2. The summed E-state index contributed by atoms with van der Waals surface area (Å²) in [5.74, 6) is -0.272. The van der Waals surface area contributed by atoms with Crippen molar-refractivity contribution in [2.24, 2.45) is 0 Å². The Kier molecular flexibility index (Phi) is 5.34. The second-order valence-corrected chi connectivity index (χ2v) is 8.10. The van der Waals surface area contributed by atoms with E-state index in [1.807, 2.05) is 4.90 Å². The van der Waals surface area contributed by atoms with Crippen molar-refractivity contribution < 1.29 is 14.3 Å². The highest BCUT2D eigenvalue weighted by Crippen LogP contribution is 2.28. The zero-order valence-corrected chi connectivity index (χ0v) is 16.0. The Balaban J connectivity index is 1.32. The van der Waals surface area contributed by atoms with E-state index in [-0.39, 0.29) is 18.1 Å². The maximum Gasteiger partial charge on any atom is 0.338 e. The van der Waals surface area contributed by atoms with Crippen LogP contribution in [0.5, 0.6) is 0 Å². The van der Waals surface area contributed by atoms with E-state index in [0.717, 1.165) is 45.2 Å². The summed E-state index contributed by atoms with van der Waals surface area (Å²) in [5.41, 5.74) is 1.24. The smallest absolute Gasteiger partial charge is 0.338 e. The van der Waals surface area contributed by atoms with E-state index >= 15 is 0 Å². The molecule has 2 saturated heterocycles. The number of carbonyl (C=O) groups is 2. The molecular formula is C21H29N3O3. The highest BCUT2D eigenvalue weighted by molar-refractivity contribution is 5.92. The number of urea groups is 1. The van der Waals surface area contributed by atoms with Gasteiger partial charge in [0.05, 0.1) is 5.56 Å². The summed E-state index contributed by atoms with van der Waals surface area (Å²) in [6.45, 7) is 1.58. The van der Waals surface area contributed by atoms with Crippen molar-refractivity contribution in [3.8, 4) is 0 Å². The fourth-order valence-electron chi connectivity index (χ4n) is 4.61. The van der Waals surface area contributed by atoms with Gasteiger partial charge in [0.25, 0.3) is 0 Å². The molecule has 2 heterocycles. The molecule has 0 radical (unpaired) electrons. The first-order chi connectivity index (χ1) is 13.1. The van der Waals surface area contributed by atoms with E-state index in [0.29, 0.717) is 23.3 Å². The van der Waals surface area contributed by atoms with Gasteiger partial charge in [-0.2, -0.15) is 0 Å². The monoisotopic (exact) mass is 371 g/mol. The van der Waals surface area contributed by atoms with E-state index in [9.17, 15) is 9.59 Å². The number of anilines is 1. The third-order valence-electron chi connectivity index (χ3n) is 6.38. The molecule has 1 N–H and O–H groups in total. The minimum absolute atomic E-state index is 0.0581. The molecule has 27 heavy (non-hydrogen) atoms. The number of hydrogen-bond acceptors (Lipinski definition) is 4. The maximum atomic E-state index is 12.7. The van der Waals surface area contributed by atoms with Gasteiger partial charge in [0, 0.05) is 30.9 Å². The van der Waals surface area contributed by atoms with Gasteiger partial charge in [-0.15, -0.1) is 0 Å². The number of likely N-dealkylation sites (tertiary alicyclic amines) is 1. The van der Waals surface area contributed by atoms with Crippen LogP contribution in [0.3, 0.4) is 0 Å². The lowest BCUT2D eigenvalue weighted by molar-refractivity contribution is 0.0318. The largest absolute Gasteiger partial charge is 0.459 e. The average molecular weight is 371 g/mol. The lowest BCUT2D eigenvalue weighted by atomic mass is 10.1. The Bertz CT molecular complexity index is 684. The molecule has 0 spiro atoms. The third-order valence-corrected chi connectivity index (χ3v) is 6.38. The molecule has 2 aliphatic heterocycles. The molecular weight excluding hydrogens is 342 g/mol. The summed E-state index contributed by atoms with van der Waals surface area (Å²) in [7, 11) is 2.17. The third kappa shape index (κ3) is 4.10. The number of esters is 1. The summed E-state index contributed by atoms with van der Waals surface area (Å²) in [6, 6.07) is 8.03. The molecule has 6 heteroatoms. The Morgan fingerprint density at radius 2 is 1.70 bits per heavy atom. The molecule has 2 bridgehead atoms. The Morgan fingerprint density at radius 3 is 2.44 bits per heavy atom. The molecule has 2 amide bonds. The number of ether oxygens (including phenoxy) is 1. The fraction of sp³-hybridized carbons (Fsp3) is 0.619. The van der Waals surface area contributed by atoms with Crippen molar-refractivity contribution in [2.75, 3.05) is 25.5 Å². The molecule has 1 aromatic rings. The molecule has 3 fully saturated rings. The predicted molar refractivity (Wildman–Crippen MR) is 104 cm³/mol. The van der Waals surface area contributed by atoms with E-state index < -0.39 is 0 Å². The molecule has 1 aliphatic carbocycles. The number of amides is 2. The molecule has 0 unspecified atom stereocenters. The van der Waals surface area contributed by atoms with E-state index in [2.05, 4.69) is 17.3 Å². The van der Waals surface area contributed by atoms with Crippen LogP contribution in [-0.2, 0) is 4.74 Å². The minimum atomic E-state index is -0.272. The maximum absolute atomic E-state index is 12.7. The zero-order valence-electron chi connectivity index (χ0n) is 16.0. The number of fused-ring (bicyclic) bond motifs is 2. The Morgan fingerprint density at radius 1 is 1.00 bits per heavy atom. The first-order valence-corrected chi connectivity index (χ1v) is 10.2. The lowest BCUT2D eigenvalue weighted by Gasteiger charge is -2.26. The summed E-state index contributed by atoms with van der Waals surface area (Å²) in [6.07, 6.45) is 7.71. The number of nitrogens with one attached hydrogen (secondary N) is 1. The van der Waals surface area contributed by atoms with Gasteiger partial charge < -0.3 is 15.0 Å². The van der Waals surface area contributed by atoms with Crippen LogP contribution in [-0.4, -0.2) is 60.1 Å². The van der Waals surface area contributed by atoms with Crippen LogP contribution in [0.2, 0.25) is 0 Å². The van der Waals surface area contributed by atoms with Crippen LogP contribution in [0.15, 0.2) is 24.3 Å². The van der Waals surface area contributed by atoms with Crippen LogP contribution in [0.4, 0.5) is 10.5 Å². The van der Waals surface area contributed by atoms with Crippen LogP contribution in [0.25, 0.3) is 0 Å². The topological polar surface area (TPSA) is 61.9 Å². The predicted octanol–water partition coefficient (Wildman–Crippen LogP) is 3.49. The Labute approximate surface area is 160 Å². The number of nitrogens with zero attached hydrogens (tertiary/aromatic N) is 2. The molecule has 1 saturated carbocycles. The van der Waals surface area contributed by atoms with Crippen molar-refractivity contribution in [1.82, 2.24) is 9.80 Å². The quantitative estimate of drug-likeness (QED) is 0.826. The van der Waals surface area contributed by atoms with Gasteiger partial charge in [-0.05, 0) is 76.3 Å². The normalized spacial score (nSPS) is 26.0. The minimum Gasteiger partial charge on any atom is -0.459 e. The highest BCUT2D eigenvalue weighted by atomic mass is 16.5. The summed E-state index contributed by atoms with van der Waals surface area (Å²) >= 11 is 0.